The van der Waals surface area contributed by atoms with Crippen molar-refractivity contribution >= 4 is 11.8 Å². The van der Waals surface area contributed by atoms with Gasteiger partial charge in [-0.1, -0.05) is 31.5 Å². The van der Waals surface area contributed by atoms with Crippen molar-refractivity contribution in [1.29, 1.82) is 0 Å². The van der Waals surface area contributed by atoms with Gasteiger partial charge in [0.1, 0.15) is 6.10 Å². The van der Waals surface area contributed by atoms with Crippen molar-refractivity contribution in [3.8, 4) is 0 Å². The first-order valence-electron chi connectivity index (χ1n) is 6.94. The van der Waals surface area contributed by atoms with Crippen molar-refractivity contribution in [1.82, 2.24) is 0 Å². The minimum Gasteiger partial charge on any atom is -0.443 e. The van der Waals surface area contributed by atoms with Gasteiger partial charge in [-0.15, -0.1) is 0 Å². The molecule has 5 nitrogen and oxygen atoms in total. The molecule has 1 aromatic rings. The summed E-state index contributed by atoms with van der Waals surface area (Å²) >= 11 is 0. The number of benzene rings is 1. The summed E-state index contributed by atoms with van der Waals surface area (Å²) in [7, 11) is 1.50. The minimum atomic E-state index is -0.417. The van der Waals surface area contributed by atoms with E-state index in [0.717, 1.165) is 17.7 Å². The average molecular weight is 282 g/mol. The van der Waals surface area contributed by atoms with E-state index < -0.39 is 6.09 Å². The van der Waals surface area contributed by atoms with Crippen molar-refractivity contribution in [3.63, 3.8) is 0 Å². The molecule has 0 aliphatic carbocycles. The summed E-state index contributed by atoms with van der Waals surface area (Å²) in [6.07, 6.45) is 0.256. The Kier molecular flexibility index (Phi) is 10.4. The summed E-state index contributed by atoms with van der Waals surface area (Å²) in [5.41, 5.74) is 6.40. The van der Waals surface area contributed by atoms with E-state index >= 15 is 0 Å². The number of nitrogens with two attached hydrogens (primary N) is 1. The number of amides is 1. The molecule has 3 N–H and O–H groups in total. The molecule has 0 radical (unpaired) electrons. The van der Waals surface area contributed by atoms with Crippen molar-refractivity contribution in [2.24, 2.45) is 5.73 Å². The summed E-state index contributed by atoms with van der Waals surface area (Å²) in [6.45, 7) is 7.17. The standard InChI is InChI=1S/C12H15NO3.C2H6.CH5N/c1-9-2-4-10(5-3-9)13-12(14)16-11-6-7-15-8-11;2*1-2/h2-5,11H,6-8H2,1H3,(H,13,14);1-2H3;2H2,1H3. The number of nitrogens with one attached hydrogen (secondary N) is 1. The molecule has 114 valence electrons. The Bertz CT molecular complexity index is 360. The molecule has 1 aromatic carbocycles. The molecule has 5 heteroatoms. The molecule has 1 heterocycles. The Morgan fingerprint density at radius 1 is 1.30 bits per heavy atom. The third-order valence-electron chi connectivity index (χ3n) is 2.46. The SMILES string of the molecule is CC.CN.Cc1ccc(NC(=O)OC2CCOC2)cc1. The largest absolute Gasteiger partial charge is 0.443 e. The summed E-state index contributed by atoms with van der Waals surface area (Å²) < 4.78 is 10.3. The molecule has 2 rings (SSSR count). The first kappa shape index (κ1) is 18.4. The third kappa shape index (κ3) is 7.11. The second-order valence-corrected chi connectivity index (χ2v) is 3.88. The molecule has 1 aliphatic heterocycles. The number of carbonyl (C=O) groups excluding carboxylic acids is 1. The van der Waals surface area contributed by atoms with Crippen LogP contribution in [0.2, 0.25) is 0 Å². The topological polar surface area (TPSA) is 73.6 Å². The number of aryl methyl sites for hydroxylation is 1. The van der Waals surface area contributed by atoms with Crippen LogP contribution in [0.15, 0.2) is 24.3 Å². The van der Waals surface area contributed by atoms with Crippen LogP contribution in [-0.4, -0.2) is 32.5 Å². The summed E-state index contributed by atoms with van der Waals surface area (Å²) in [6, 6.07) is 7.58. The Hall–Kier alpha value is -1.59. The molecule has 1 unspecified atom stereocenters. The maximum atomic E-state index is 11.5. The second-order valence-electron chi connectivity index (χ2n) is 3.88. The predicted octanol–water partition coefficient (Wildman–Crippen LogP) is 2.93. The van der Waals surface area contributed by atoms with Gasteiger partial charge in [0, 0.05) is 12.1 Å². The van der Waals surface area contributed by atoms with E-state index in [-0.39, 0.29) is 6.10 Å². The van der Waals surface area contributed by atoms with Crippen molar-refractivity contribution < 1.29 is 14.3 Å². The van der Waals surface area contributed by atoms with Crippen LogP contribution in [0, 0.1) is 6.92 Å². The summed E-state index contributed by atoms with van der Waals surface area (Å²) in [4.78, 5) is 11.5. The van der Waals surface area contributed by atoms with Crippen LogP contribution in [0.5, 0.6) is 0 Å². The third-order valence-corrected chi connectivity index (χ3v) is 2.46. The summed E-state index contributed by atoms with van der Waals surface area (Å²) in [5.74, 6) is 0. The molecule has 20 heavy (non-hydrogen) atoms. The molecule has 0 saturated carbocycles. The zero-order valence-corrected chi connectivity index (χ0v) is 12.8. The Morgan fingerprint density at radius 2 is 1.90 bits per heavy atom. The second kappa shape index (κ2) is 11.3. The number of anilines is 1. The lowest BCUT2D eigenvalue weighted by atomic mass is 10.2. The molecule has 1 aliphatic rings. The number of hydrogen-bond donors (Lipinski definition) is 2. The van der Waals surface area contributed by atoms with E-state index in [9.17, 15) is 4.79 Å². The lowest BCUT2D eigenvalue weighted by Crippen LogP contribution is -2.22. The van der Waals surface area contributed by atoms with E-state index in [1.54, 1.807) is 0 Å². The molecule has 0 spiro atoms. The van der Waals surface area contributed by atoms with E-state index in [2.05, 4.69) is 11.1 Å². The molecule has 0 bridgehead atoms. The van der Waals surface area contributed by atoms with Crippen LogP contribution >= 0.6 is 0 Å². The Morgan fingerprint density at radius 3 is 2.40 bits per heavy atom. The van der Waals surface area contributed by atoms with Crippen LogP contribution in [0.1, 0.15) is 25.8 Å². The van der Waals surface area contributed by atoms with E-state index in [0.29, 0.717) is 13.2 Å². The first-order chi connectivity index (χ1) is 9.74. The summed E-state index contributed by atoms with van der Waals surface area (Å²) in [5, 5.41) is 2.68. The average Bonchev–Trinajstić information content (AvgIpc) is 2.98. The normalized spacial score (nSPS) is 16.1. The van der Waals surface area contributed by atoms with Crippen molar-refractivity contribution in [3.05, 3.63) is 29.8 Å². The van der Waals surface area contributed by atoms with E-state index in [4.69, 9.17) is 9.47 Å². The van der Waals surface area contributed by atoms with Crippen LogP contribution in [0.3, 0.4) is 0 Å². The fourth-order valence-corrected chi connectivity index (χ4v) is 1.54. The smallest absolute Gasteiger partial charge is 0.411 e. The zero-order valence-electron chi connectivity index (χ0n) is 12.8. The molecular weight excluding hydrogens is 256 g/mol. The van der Waals surface area contributed by atoms with Gasteiger partial charge in [0.2, 0.25) is 0 Å². The van der Waals surface area contributed by atoms with E-state index in [1.165, 1.54) is 7.05 Å². The first-order valence-corrected chi connectivity index (χ1v) is 6.94. The van der Waals surface area contributed by atoms with Gasteiger partial charge in [-0.05, 0) is 26.1 Å². The quantitative estimate of drug-likeness (QED) is 0.874. The van der Waals surface area contributed by atoms with Gasteiger partial charge in [0.05, 0.1) is 13.2 Å². The van der Waals surface area contributed by atoms with Gasteiger partial charge >= 0.3 is 6.09 Å². The molecule has 0 aromatic heterocycles. The van der Waals surface area contributed by atoms with Gasteiger partial charge in [0.15, 0.2) is 0 Å². The minimum absolute atomic E-state index is 0.106. The van der Waals surface area contributed by atoms with Gasteiger partial charge in [0.25, 0.3) is 0 Å². The maximum absolute atomic E-state index is 11.5. The van der Waals surface area contributed by atoms with Crippen LogP contribution < -0.4 is 11.1 Å². The fraction of sp³-hybridized carbons (Fsp3) is 0.533. The lowest BCUT2D eigenvalue weighted by molar-refractivity contribution is 0.0932. The number of carbonyl (C=O) groups is 1. The van der Waals surface area contributed by atoms with Crippen LogP contribution in [0.4, 0.5) is 10.5 Å². The lowest BCUT2D eigenvalue weighted by Gasteiger charge is -2.11. The molecule has 1 amide bonds. The highest BCUT2D eigenvalue weighted by atomic mass is 16.6. The Balaban J connectivity index is 0.000000829. The highest BCUT2D eigenvalue weighted by molar-refractivity contribution is 5.84. The van der Waals surface area contributed by atoms with Crippen molar-refractivity contribution in [2.75, 3.05) is 25.6 Å². The van der Waals surface area contributed by atoms with Gasteiger partial charge < -0.3 is 15.2 Å². The fourth-order valence-electron chi connectivity index (χ4n) is 1.54. The van der Waals surface area contributed by atoms with Gasteiger partial charge in [-0.2, -0.15) is 0 Å². The number of ether oxygens (including phenoxy) is 2. The number of rotatable bonds is 2. The highest BCUT2D eigenvalue weighted by Gasteiger charge is 2.19. The van der Waals surface area contributed by atoms with Crippen LogP contribution in [0.25, 0.3) is 0 Å². The molecular formula is C15H26N2O3. The predicted molar refractivity (Wildman–Crippen MR) is 82.0 cm³/mol. The number of hydrogen-bond acceptors (Lipinski definition) is 4. The maximum Gasteiger partial charge on any atom is 0.411 e. The molecule has 1 atom stereocenters. The monoisotopic (exact) mass is 282 g/mol. The van der Waals surface area contributed by atoms with E-state index in [1.807, 2.05) is 45.0 Å². The molecule has 1 saturated heterocycles. The Labute approximate surface area is 121 Å². The zero-order chi connectivity index (χ0) is 15.4. The van der Waals surface area contributed by atoms with Gasteiger partial charge in [-0.3, -0.25) is 5.32 Å². The van der Waals surface area contributed by atoms with Crippen molar-refractivity contribution in [2.45, 2.75) is 33.3 Å². The van der Waals surface area contributed by atoms with Gasteiger partial charge in [-0.25, -0.2) is 4.79 Å². The van der Waals surface area contributed by atoms with Crippen LogP contribution in [-0.2, 0) is 9.47 Å². The molecule has 1 fully saturated rings. The highest BCUT2D eigenvalue weighted by Crippen LogP contribution is 2.12.